The summed E-state index contributed by atoms with van der Waals surface area (Å²) < 4.78 is 39.4. The average Bonchev–Trinajstić information content (AvgIpc) is 2.12. The van der Waals surface area contributed by atoms with Crippen molar-refractivity contribution in [2.24, 2.45) is 0 Å². The van der Waals surface area contributed by atoms with Crippen LogP contribution < -0.4 is 4.74 Å². The molecule has 0 atom stereocenters. The molecule has 0 unspecified atom stereocenters. The molecule has 8 heteroatoms. The van der Waals surface area contributed by atoms with E-state index in [4.69, 9.17) is 5.11 Å². The van der Waals surface area contributed by atoms with Crippen LogP contribution in [0, 0.1) is 0 Å². The number of carboxylic acids is 1. The standard InChI is InChI=1S/C10H11F3N2O3/c1-9(2,3)5-4-14-8(18-10(11,12)13)15-6(5)7(16)17/h4H,1-3H3,(H,16,17). The van der Waals surface area contributed by atoms with Gasteiger partial charge in [0.25, 0.3) is 0 Å². The summed E-state index contributed by atoms with van der Waals surface area (Å²) in [6.07, 6.45) is -3.93. The van der Waals surface area contributed by atoms with E-state index in [-0.39, 0.29) is 5.56 Å². The molecule has 1 rings (SSSR count). The van der Waals surface area contributed by atoms with Crippen molar-refractivity contribution in [1.29, 1.82) is 0 Å². The average molecular weight is 264 g/mol. The molecule has 100 valence electrons. The van der Waals surface area contributed by atoms with Crippen LogP contribution in [0.1, 0.15) is 36.8 Å². The van der Waals surface area contributed by atoms with E-state index in [9.17, 15) is 18.0 Å². The van der Waals surface area contributed by atoms with Gasteiger partial charge in [0.1, 0.15) is 0 Å². The van der Waals surface area contributed by atoms with Crippen molar-refractivity contribution in [2.45, 2.75) is 32.5 Å². The van der Waals surface area contributed by atoms with Crippen LogP contribution in [-0.4, -0.2) is 27.4 Å². The minimum Gasteiger partial charge on any atom is -0.476 e. The Morgan fingerprint density at radius 1 is 1.33 bits per heavy atom. The molecule has 0 fully saturated rings. The molecule has 18 heavy (non-hydrogen) atoms. The molecule has 1 aromatic heterocycles. The number of carbonyl (C=O) groups is 1. The lowest BCUT2D eigenvalue weighted by atomic mass is 9.87. The summed E-state index contributed by atoms with van der Waals surface area (Å²) in [6.45, 7) is 5.09. The van der Waals surface area contributed by atoms with Gasteiger partial charge in [0.2, 0.25) is 0 Å². The zero-order chi connectivity index (χ0) is 14.1. The fraction of sp³-hybridized carbons (Fsp3) is 0.500. The van der Waals surface area contributed by atoms with Crippen molar-refractivity contribution in [3.63, 3.8) is 0 Å². The van der Waals surface area contributed by atoms with Crippen LogP contribution in [0.5, 0.6) is 6.01 Å². The summed E-state index contributed by atoms with van der Waals surface area (Å²) >= 11 is 0. The molecule has 0 aliphatic rings. The van der Waals surface area contributed by atoms with E-state index in [1.807, 2.05) is 0 Å². The topological polar surface area (TPSA) is 72.3 Å². The first-order valence-corrected chi connectivity index (χ1v) is 4.87. The van der Waals surface area contributed by atoms with Crippen LogP contribution in [0.3, 0.4) is 0 Å². The quantitative estimate of drug-likeness (QED) is 0.887. The van der Waals surface area contributed by atoms with Gasteiger partial charge in [-0.05, 0) is 5.41 Å². The number of aromatic nitrogens is 2. The first kappa shape index (κ1) is 14.2. The molecule has 0 aliphatic carbocycles. The Hall–Kier alpha value is -1.86. The van der Waals surface area contributed by atoms with Gasteiger partial charge in [-0.15, -0.1) is 13.2 Å². The lowest BCUT2D eigenvalue weighted by Crippen LogP contribution is -2.23. The fourth-order valence-corrected chi connectivity index (χ4v) is 1.23. The summed E-state index contributed by atoms with van der Waals surface area (Å²) in [6, 6.07) is -1.03. The van der Waals surface area contributed by atoms with Crippen LogP contribution in [0.15, 0.2) is 6.20 Å². The number of aromatic carboxylic acids is 1. The van der Waals surface area contributed by atoms with Gasteiger partial charge in [-0.2, -0.15) is 4.98 Å². The lowest BCUT2D eigenvalue weighted by molar-refractivity contribution is -0.277. The molecular weight excluding hydrogens is 253 g/mol. The third kappa shape index (κ3) is 3.57. The van der Waals surface area contributed by atoms with Gasteiger partial charge >= 0.3 is 18.3 Å². The highest BCUT2D eigenvalue weighted by molar-refractivity contribution is 5.87. The van der Waals surface area contributed by atoms with Crippen LogP contribution in [0.25, 0.3) is 0 Å². The molecule has 0 aliphatic heterocycles. The summed E-state index contributed by atoms with van der Waals surface area (Å²) in [4.78, 5) is 17.6. The Morgan fingerprint density at radius 2 is 1.89 bits per heavy atom. The maximum atomic E-state index is 12.0. The summed E-state index contributed by atoms with van der Waals surface area (Å²) in [5, 5.41) is 8.92. The molecule has 0 amide bonds. The highest BCUT2D eigenvalue weighted by Gasteiger charge is 2.34. The summed E-state index contributed by atoms with van der Waals surface area (Å²) in [5.41, 5.74) is -0.883. The smallest absolute Gasteiger partial charge is 0.476 e. The van der Waals surface area contributed by atoms with Gasteiger partial charge in [0.05, 0.1) is 0 Å². The largest absolute Gasteiger partial charge is 0.575 e. The van der Waals surface area contributed by atoms with Crippen LogP contribution in [0.4, 0.5) is 13.2 Å². The van der Waals surface area contributed by atoms with E-state index in [1.165, 1.54) is 0 Å². The number of carboxylic acid groups (broad SMARTS) is 1. The molecule has 5 nitrogen and oxygen atoms in total. The van der Waals surface area contributed by atoms with E-state index in [1.54, 1.807) is 20.8 Å². The first-order chi connectivity index (χ1) is 8.00. The monoisotopic (exact) mass is 264 g/mol. The van der Waals surface area contributed by atoms with E-state index >= 15 is 0 Å². The second kappa shape index (κ2) is 4.43. The Kier molecular flexibility index (Phi) is 3.50. The van der Waals surface area contributed by atoms with E-state index in [0.717, 1.165) is 6.20 Å². The zero-order valence-electron chi connectivity index (χ0n) is 9.87. The van der Waals surface area contributed by atoms with Gasteiger partial charge in [0.15, 0.2) is 5.69 Å². The minimum absolute atomic E-state index is 0.226. The third-order valence-electron chi connectivity index (χ3n) is 1.98. The predicted octanol–water partition coefficient (Wildman–Crippen LogP) is 2.37. The van der Waals surface area contributed by atoms with Crippen molar-refractivity contribution < 1.29 is 27.8 Å². The number of rotatable bonds is 2. The van der Waals surface area contributed by atoms with Gasteiger partial charge in [-0.1, -0.05) is 20.8 Å². The van der Waals surface area contributed by atoms with Crippen LogP contribution in [-0.2, 0) is 5.41 Å². The van der Waals surface area contributed by atoms with E-state index in [2.05, 4.69) is 14.7 Å². The van der Waals surface area contributed by atoms with E-state index < -0.39 is 29.5 Å². The van der Waals surface area contributed by atoms with Crippen LogP contribution in [0.2, 0.25) is 0 Å². The zero-order valence-corrected chi connectivity index (χ0v) is 9.87. The number of halogens is 3. The van der Waals surface area contributed by atoms with E-state index in [0.29, 0.717) is 0 Å². The number of alkyl halides is 3. The normalized spacial score (nSPS) is 12.3. The Labute approximate surface area is 101 Å². The summed E-state index contributed by atoms with van der Waals surface area (Å²) in [5.74, 6) is -1.44. The molecule has 1 N–H and O–H groups in total. The molecule has 1 heterocycles. The molecule has 0 saturated carbocycles. The Balaban J connectivity index is 3.24. The van der Waals surface area contributed by atoms with Gasteiger partial charge in [-0.25, -0.2) is 9.78 Å². The van der Waals surface area contributed by atoms with Crippen molar-refractivity contribution >= 4 is 5.97 Å². The molecule has 0 aromatic carbocycles. The SMILES string of the molecule is CC(C)(C)c1cnc(OC(F)(F)F)nc1C(=O)O. The second-order valence-electron chi connectivity index (χ2n) is 4.52. The third-order valence-corrected chi connectivity index (χ3v) is 1.98. The highest BCUT2D eigenvalue weighted by atomic mass is 19.4. The molecule has 0 radical (unpaired) electrons. The Morgan fingerprint density at radius 3 is 2.28 bits per heavy atom. The fourth-order valence-electron chi connectivity index (χ4n) is 1.23. The molecule has 1 aromatic rings. The Bertz CT molecular complexity index is 466. The van der Waals surface area contributed by atoms with Gasteiger partial charge in [0, 0.05) is 11.8 Å². The predicted molar refractivity (Wildman–Crippen MR) is 54.4 cm³/mol. The number of hydrogen-bond acceptors (Lipinski definition) is 4. The molecule has 0 saturated heterocycles. The first-order valence-electron chi connectivity index (χ1n) is 4.87. The second-order valence-corrected chi connectivity index (χ2v) is 4.52. The molecule has 0 bridgehead atoms. The maximum absolute atomic E-state index is 12.0. The number of hydrogen-bond donors (Lipinski definition) is 1. The summed E-state index contributed by atoms with van der Waals surface area (Å²) in [7, 11) is 0. The molecular formula is C10H11F3N2O3. The number of nitrogens with zero attached hydrogens (tertiary/aromatic N) is 2. The maximum Gasteiger partial charge on any atom is 0.575 e. The van der Waals surface area contributed by atoms with Crippen LogP contribution >= 0.6 is 0 Å². The van der Waals surface area contributed by atoms with Crippen molar-refractivity contribution in [3.8, 4) is 6.01 Å². The van der Waals surface area contributed by atoms with Crippen molar-refractivity contribution in [3.05, 3.63) is 17.5 Å². The van der Waals surface area contributed by atoms with Crippen molar-refractivity contribution in [1.82, 2.24) is 9.97 Å². The lowest BCUT2D eigenvalue weighted by Gasteiger charge is -2.20. The number of ether oxygens (including phenoxy) is 1. The highest BCUT2D eigenvalue weighted by Crippen LogP contribution is 2.26. The van der Waals surface area contributed by atoms with Gasteiger partial charge < -0.3 is 9.84 Å². The molecule has 0 spiro atoms. The van der Waals surface area contributed by atoms with Gasteiger partial charge in [-0.3, -0.25) is 0 Å². The van der Waals surface area contributed by atoms with Crippen molar-refractivity contribution in [2.75, 3.05) is 0 Å². The minimum atomic E-state index is -4.96.